The molecule has 0 fully saturated rings. The third kappa shape index (κ3) is 3.27. The number of benzene rings is 1. The second-order valence-corrected chi connectivity index (χ2v) is 4.53. The second-order valence-electron chi connectivity index (χ2n) is 4.15. The van der Waals surface area contributed by atoms with Gasteiger partial charge >= 0.3 is 0 Å². The van der Waals surface area contributed by atoms with Gasteiger partial charge in [0.25, 0.3) is 0 Å². The van der Waals surface area contributed by atoms with Crippen LogP contribution in [-0.4, -0.2) is 26.8 Å². The van der Waals surface area contributed by atoms with E-state index in [1.165, 1.54) is 10.9 Å². The molecule has 0 aliphatic rings. The summed E-state index contributed by atoms with van der Waals surface area (Å²) < 4.78 is 13.5. The van der Waals surface area contributed by atoms with E-state index in [9.17, 15) is 4.39 Å². The maximum absolute atomic E-state index is 13.5. The van der Waals surface area contributed by atoms with Crippen molar-refractivity contribution in [3.8, 4) is 0 Å². The average molecular weight is 284 g/mol. The monoisotopic (exact) mass is 283 g/mol. The van der Waals surface area contributed by atoms with Gasteiger partial charge in [-0.1, -0.05) is 30.7 Å². The summed E-state index contributed by atoms with van der Waals surface area (Å²) >= 11 is 6.02. The molecule has 0 bridgehead atoms. The molecule has 2 rings (SSSR count). The minimum absolute atomic E-state index is 0.136. The summed E-state index contributed by atoms with van der Waals surface area (Å²) in [4.78, 5) is 1.39. The number of likely N-dealkylation sites (N-methyl/N-ethyl adjacent to an activating group) is 1. The minimum atomic E-state index is -0.422. The van der Waals surface area contributed by atoms with Gasteiger partial charge in [-0.05, 0) is 23.4 Å². The van der Waals surface area contributed by atoms with Crippen molar-refractivity contribution in [2.45, 2.75) is 19.4 Å². The molecule has 1 aromatic carbocycles. The Morgan fingerprint density at radius 3 is 2.89 bits per heavy atom. The Balaban J connectivity index is 2.26. The molecular formula is C12H15ClFN5. The van der Waals surface area contributed by atoms with Crippen molar-refractivity contribution >= 4 is 11.6 Å². The van der Waals surface area contributed by atoms with E-state index in [1.54, 1.807) is 19.2 Å². The van der Waals surface area contributed by atoms with E-state index < -0.39 is 5.82 Å². The second kappa shape index (κ2) is 6.08. The highest BCUT2D eigenvalue weighted by molar-refractivity contribution is 6.31. The van der Waals surface area contributed by atoms with Crippen LogP contribution in [0.2, 0.25) is 5.02 Å². The molecule has 0 spiro atoms. The molecule has 0 saturated carbocycles. The summed E-state index contributed by atoms with van der Waals surface area (Å²) in [6.07, 6.45) is 0.505. The molecule has 102 valence electrons. The molecule has 1 N–H and O–H groups in total. The Kier molecular flexibility index (Phi) is 4.44. The number of nitrogens with one attached hydrogen (secondary N) is 1. The summed E-state index contributed by atoms with van der Waals surface area (Å²) in [7, 11) is 1.70. The van der Waals surface area contributed by atoms with Crippen molar-refractivity contribution in [2.75, 3.05) is 6.54 Å². The van der Waals surface area contributed by atoms with Crippen LogP contribution in [0.4, 0.5) is 4.39 Å². The highest BCUT2D eigenvalue weighted by Gasteiger charge is 2.18. The van der Waals surface area contributed by atoms with Crippen molar-refractivity contribution in [3.05, 3.63) is 40.4 Å². The Hall–Kier alpha value is -1.53. The van der Waals surface area contributed by atoms with Gasteiger partial charge < -0.3 is 5.32 Å². The number of rotatable bonds is 5. The van der Waals surface area contributed by atoms with Crippen LogP contribution in [0.1, 0.15) is 24.4 Å². The summed E-state index contributed by atoms with van der Waals surface area (Å²) in [6.45, 7) is 2.71. The number of tetrazole rings is 1. The van der Waals surface area contributed by atoms with Crippen molar-refractivity contribution in [1.82, 2.24) is 25.5 Å². The smallest absolute Gasteiger partial charge is 0.176 e. The lowest BCUT2D eigenvalue weighted by atomic mass is 10.0. The van der Waals surface area contributed by atoms with Gasteiger partial charge in [-0.15, -0.1) is 10.2 Å². The minimum Gasteiger partial charge on any atom is -0.310 e. The van der Waals surface area contributed by atoms with E-state index in [4.69, 9.17) is 11.6 Å². The third-order valence-corrected chi connectivity index (χ3v) is 3.14. The summed E-state index contributed by atoms with van der Waals surface area (Å²) in [6, 6.07) is 4.65. The molecule has 1 aromatic heterocycles. The van der Waals surface area contributed by atoms with Gasteiger partial charge in [-0.25, -0.2) is 4.39 Å². The van der Waals surface area contributed by atoms with Crippen molar-refractivity contribution in [2.24, 2.45) is 7.05 Å². The SMILES string of the molecule is CCNC(Cc1nnn(C)n1)c1cccc(F)c1Cl. The molecule has 0 amide bonds. The lowest BCUT2D eigenvalue weighted by Crippen LogP contribution is -2.24. The lowest BCUT2D eigenvalue weighted by Gasteiger charge is -2.18. The zero-order chi connectivity index (χ0) is 13.8. The fourth-order valence-electron chi connectivity index (χ4n) is 1.92. The van der Waals surface area contributed by atoms with E-state index >= 15 is 0 Å². The molecule has 1 unspecified atom stereocenters. The van der Waals surface area contributed by atoms with E-state index in [-0.39, 0.29) is 11.1 Å². The van der Waals surface area contributed by atoms with Gasteiger partial charge in [0, 0.05) is 12.5 Å². The maximum atomic E-state index is 13.5. The van der Waals surface area contributed by atoms with Crippen molar-refractivity contribution in [1.29, 1.82) is 0 Å². The van der Waals surface area contributed by atoms with Crippen LogP contribution in [-0.2, 0) is 13.5 Å². The van der Waals surface area contributed by atoms with Crippen LogP contribution in [0, 0.1) is 5.82 Å². The van der Waals surface area contributed by atoms with Crippen LogP contribution in [0.25, 0.3) is 0 Å². The number of hydrogen-bond donors (Lipinski definition) is 1. The lowest BCUT2D eigenvalue weighted by molar-refractivity contribution is 0.529. The maximum Gasteiger partial charge on any atom is 0.176 e. The zero-order valence-corrected chi connectivity index (χ0v) is 11.5. The van der Waals surface area contributed by atoms with Gasteiger partial charge in [0.05, 0.1) is 12.1 Å². The fraction of sp³-hybridized carbons (Fsp3) is 0.417. The molecule has 0 saturated heterocycles. The Labute approximate surface area is 115 Å². The molecule has 0 radical (unpaired) electrons. The molecule has 7 heteroatoms. The number of aromatic nitrogens is 4. The van der Waals surface area contributed by atoms with Crippen molar-refractivity contribution in [3.63, 3.8) is 0 Å². The van der Waals surface area contributed by atoms with Crippen LogP contribution >= 0.6 is 11.6 Å². The molecule has 1 atom stereocenters. The first-order chi connectivity index (χ1) is 9.11. The average Bonchev–Trinajstić information content (AvgIpc) is 2.78. The van der Waals surface area contributed by atoms with Crippen molar-refractivity contribution < 1.29 is 4.39 Å². The topological polar surface area (TPSA) is 55.6 Å². The largest absolute Gasteiger partial charge is 0.310 e. The predicted octanol–water partition coefficient (Wildman–Crippen LogP) is 1.90. The third-order valence-electron chi connectivity index (χ3n) is 2.74. The molecule has 1 heterocycles. The van der Waals surface area contributed by atoms with Crippen LogP contribution in [0.3, 0.4) is 0 Å². The zero-order valence-electron chi connectivity index (χ0n) is 10.8. The first kappa shape index (κ1) is 13.9. The molecule has 19 heavy (non-hydrogen) atoms. The Morgan fingerprint density at radius 2 is 2.26 bits per heavy atom. The fourth-order valence-corrected chi connectivity index (χ4v) is 2.17. The van der Waals surface area contributed by atoms with Crippen LogP contribution in [0.15, 0.2) is 18.2 Å². The first-order valence-corrected chi connectivity index (χ1v) is 6.39. The van der Waals surface area contributed by atoms with E-state index in [0.717, 1.165) is 6.54 Å². The quantitative estimate of drug-likeness (QED) is 0.910. The predicted molar refractivity (Wildman–Crippen MR) is 70.3 cm³/mol. The molecule has 5 nitrogen and oxygen atoms in total. The number of aryl methyl sites for hydroxylation is 1. The number of halogens is 2. The standard InChI is InChI=1S/C12H15ClFN5/c1-3-15-10(7-11-16-18-19(2)17-11)8-5-4-6-9(14)12(8)13/h4-6,10,15H,3,7H2,1-2H3. The Bertz CT molecular complexity index is 557. The molecule has 2 aromatic rings. The van der Waals surface area contributed by atoms with Gasteiger partial charge in [-0.2, -0.15) is 4.80 Å². The van der Waals surface area contributed by atoms with Gasteiger partial charge in [0.1, 0.15) is 5.82 Å². The molecule has 0 aliphatic carbocycles. The highest BCUT2D eigenvalue weighted by atomic mass is 35.5. The van der Waals surface area contributed by atoms with E-state index in [1.807, 2.05) is 6.92 Å². The molecule has 0 aliphatic heterocycles. The van der Waals surface area contributed by atoms with Gasteiger partial charge in [-0.3, -0.25) is 0 Å². The summed E-state index contributed by atoms with van der Waals surface area (Å²) in [5.41, 5.74) is 0.705. The highest BCUT2D eigenvalue weighted by Crippen LogP contribution is 2.27. The number of hydrogen-bond acceptors (Lipinski definition) is 4. The molecular weight excluding hydrogens is 269 g/mol. The summed E-state index contributed by atoms with van der Waals surface area (Å²) in [5, 5.41) is 15.2. The normalized spacial score (nSPS) is 12.6. The van der Waals surface area contributed by atoms with Crippen LogP contribution < -0.4 is 5.32 Å². The first-order valence-electron chi connectivity index (χ1n) is 6.02. The van der Waals surface area contributed by atoms with E-state index in [2.05, 4.69) is 20.7 Å². The summed E-state index contributed by atoms with van der Waals surface area (Å²) in [5.74, 6) is 0.169. The van der Waals surface area contributed by atoms with Crippen LogP contribution in [0.5, 0.6) is 0 Å². The van der Waals surface area contributed by atoms with Gasteiger partial charge in [0.2, 0.25) is 0 Å². The number of nitrogens with zero attached hydrogens (tertiary/aromatic N) is 4. The van der Waals surface area contributed by atoms with E-state index in [0.29, 0.717) is 17.8 Å². The van der Waals surface area contributed by atoms with Gasteiger partial charge in [0.15, 0.2) is 5.82 Å². The Morgan fingerprint density at radius 1 is 1.47 bits per heavy atom.